The molecule has 0 atom stereocenters. The lowest BCUT2D eigenvalue weighted by Crippen LogP contribution is -2.46. The fourth-order valence-corrected chi connectivity index (χ4v) is 2.50. The summed E-state index contributed by atoms with van der Waals surface area (Å²) < 4.78 is 10.4. The SMILES string of the molecule is O=c1[nH]c2ccc(C3(CCCO)COC3)cc2o1. The molecule has 2 heterocycles. The number of aromatic nitrogens is 1. The normalized spacial score (nSPS) is 17.8. The van der Waals surface area contributed by atoms with E-state index in [1.807, 2.05) is 18.2 Å². The number of benzene rings is 1. The third kappa shape index (κ3) is 1.76. The Hall–Kier alpha value is -1.59. The zero-order valence-electron chi connectivity index (χ0n) is 9.94. The Morgan fingerprint density at radius 2 is 2.22 bits per heavy atom. The van der Waals surface area contributed by atoms with Crippen LogP contribution in [0.25, 0.3) is 11.1 Å². The number of aliphatic hydroxyl groups is 1. The fraction of sp³-hybridized carbons (Fsp3) is 0.462. The van der Waals surface area contributed by atoms with E-state index in [1.54, 1.807) is 0 Å². The van der Waals surface area contributed by atoms with Crippen molar-refractivity contribution in [2.75, 3.05) is 19.8 Å². The highest BCUT2D eigenvalue weighted by Gasteiger charge is 2.39. The van der Waals surface area contributed by atoms with Crippen LogP contribution in [0.4, 0.5) is 0 Å². The first-order valence-corrected chi connectivity index (χ1v) is 6.05. The molecule has 1 fully saturated rings. The molecule has 1 aromatic heterocycles. The van der Waals surface area contributed by atoms with Crippen molar-refractivity contribution in [3.8, 4) is 0 Å². The molecule has 1 saturated heterocycles. The van der Waals surface area contributed by atoms with Gasteiger partial charge in [0.2, 0.25) is 0 Å². The molecule has 5 nitrogen and oxygen atoms in total. The highest BCUT2D eigenvalue weighted by Crippen LogP contribution is 2.37. The summed E-state index contributed by atoms with van der Waals surface area (Å²) in [7, 11) is 0. The average molecular weight is 249 g/mol. The van der Waals surface area contributed by atoms with E-state index in [0.717, 1.165) is 18.4 Å². The third-order valence-electron chi connectivity index (χ3n) is 3.60. The number of nitrogens with one attached hydrogen (secondary N) is 1. The molecule has 2 N–H and O–H groups in total. The van der Waals surface area contributed by atoms with Gasteiger partial charge >= 0.3 is 5.76 Å². The van der Waals surface area contributed by atoms with Crippen LogP contribution in [-0.2, 0) is 10.2 Å². The molecule has 0 aliphatic carbocycles. The third-order valence-corrected chi connectivity index (χ3v) is 3.60. The molecule has 1 aliphatic heterocycles. The molecule has 0 bridgehead atoms. The minimum Gasteiger partial charge on any atom is -0.408 e. The number of aromatic amines is 1. The highest BCUT2D eigenvalue weighted by atomic mass is 16.5. The van der Waals surface area contributed by atoms with E-state index in [1.165, 1.54) is 0 Å². The van der Waals surface area contributed by atoms with Crippen molar-refractivity contribution in [1.82, 2.24) is 4.98 Å². The van der Waals surface area contributed by atoms with Crippen LogP contribution >= 0.6 is 0 Å². The van der Waals surface area contributed by atoms with Crippen molar-refractivity contribution in [3.63, 3.8) is 0 Å². The monoisotopic (exact) mass is 249 g/mol. The summed E-state index contributed by atoms with van der Waals surface area (Å²) in [5, 5.41) is 8.97. The zero-order chi connectivity index (χ0) is 12.6. The molecule has 0 spiro atoms. The quantitative estimate of drug-likeness (QED) is 0.852. The maximum atomic E-state index is 11.1. The van der Waals surface area contributed by atoms with Crippen molar-refractivity contribution in [2.45, 2.75) is 18.3 Å². The molecule has 96 valence electrons. The maximum Gasteiger partial charge on any atom is 0.417 e. The van der Waals surface area contributed by atoms with Crippen molar-refractivity contribution >= 4 is 11.1 Å². The van der Waals surface area contributed by atoms with Gasteiger partial charge in [0.25, 0.3) is 0 Å². The lowest BCUT2D eigenvalue weighted by Gasteiger charge is -2.42. The Labute approximate surface area is 103 Å². The van der Waals surface area contributed by atoms with Gasteiger partial charge in [-0.3, -0.25) is 4.98 Å². The minimum absolute atomic E-state index is 0.0350. The van der Waals surface area contributed by atoms with Crippen molar-refractivity contribution in [2.24, 2.45) is 0 Å². The summed E-state index contributed by atoms with van der Waals surface area (Å²) in [6, 6.07) is 5.75. The molecule has 0 saturated carbocycles. The number of oxazole rings is 1. The number of hydrogen-bond donors (Lipinski definition) is 2. The number of rotatable bonds is 4. The second kappa shape index (κ2) is 4.26. The average Bonchev–Trinajstić information content (AvgIpc) is 2.67. The Kier molecular flexibility index (Phi) is 2.72. The molecule has 1 aromatic carbocycles. The van der Waals surface area contributed by atoms with Gasteiger partial charge in [-0.25, -0.2) is 4.79 Å². The summed E-state index contributed by atoms with van der Waals surface area (Å²) in [6.07, 6.45) is 1.63. The van der Waals surface area contributed by atoms with Crippen molar-refractivity contribution < 1.29 is 14.3 Å². The first-order valence-electron chi connectivity index (χ1n) is 6.05. The van der Waals surface area contributed by atoms with Gasteiger partial charge in [-0.15, -0.1) is 0 Å². The van der Waals surface area contributed by atoms with E-state index in [4.69, 9.17) is 14.3 Å². The summed E-state index contributed by atoms with van der Waals surface area (Å²) >= 11 is 0. The van der Waals surface area contributed by atoms with Crippen LogP contribution in [0.1, 0.15) is 18.4 Å². The second-order valence-electron chi connectivity index (χ2n) is 4.83. The second-order valence-corrected chi connectivity index (χ2v) is 4.83. The van der Waals surface area contributed by atoms with Gasteiger partial charge in [0, 0.05) is 12.0 Å². The first-order chi connectivity index (χ1) is 8.73. The van der Waals surface area contributed by atoms with Gasteiger partial charge in [0.15, 0.2) is 5.58 Å². The largest absolute Gasteiger partial charge is 0.417 e. The Morgan fingerprint density at radius 3 is 2.89 bits per heavy atom. The number of aliphatic hydroxyl groups excluding tert-OH is 1. The Morgan fingerprint density at radius 1 is 1.39 bits per heavy atom. The smallest absolute Gasteiger partial charge is 0.408 e. The van der Waals surface area contributed by atoms with Gasteiger partial charge in [-0.05, 0) is 30.5 Å². The molecule has 2 aromatic rings. The number of H-pyrrole nitrogens is 1. The van der Waals surface area contributed by atoms with Gasteiger partial charge in [0.05, 0.1) is 18.7 Å². The summed E-state index contributed by atoms with van der Waals surface area (Å²) in [5.74, 6) is -0.434. The topological polar surface area (TPSA) is 75.5 Å². The van der Waals surface area contributed by atoms with E-state index >= 15 is 0 Å². The Bertz CT molecular complexity index is 609. The summed E-state index contributed by atoms with van der Waals surface area (Å²) in [4.78, 5) is 13.7. The number of hydrogen-bond acceptors (Lipinski definition) is 4. The zero-order valence-corrected chi connectivity index (χ0v) is 9.94. The Balaban J connectivity index is 1.99. The van der Waals surface area contributed by atoms with E-state index < -0.39 is 5.76 Å². The fourth-order valence-electron chi connectivity index (χ4n) is 2.50. The molecule has 0 unspecified atom stereocenters. The maximum absolute atomic E-state index is 11.1. The molecule has 0 radical (unpaired) electrons. The lowest BCUT2D eigenvalue weighted by atomic mass is 9.75. The standard InChI is InChI=1S/C13H15NO4/c15-5-1-4-13(7-17-8-13)9-2-3-10-11(6-9)18-12(16)14-10/h2-3,6,15H,1,4-5,7-8H2,(H,14,16). The molecule has 18 heavy (non-hydrogen) atoms. The van der Waals surface area contributed by atoms with Crippen LogP contribution < -0.4 is 5.76 Å². The van der Waals surface area contributed by atoms with Crippen molar-refractivity contribution in [3.05, 3.63) is 34.3 Å². The van der Waals surface area contributed by atoms with E-state index in [2.05, 4.69) is 4.98 Å². The summed E-state index contributed by atoms with van der Waals surface area (Å²) in [6.45, 7) is 1.50. The number of ether oxygens (including phenoxy) is 1. The van der Waals surface area contributed by atoms with Gasteiger partial charge < -0.3 is 14.3 Å². The van der Waals surface area contributed by atoms with Crippen LogP contribution in [0.5, 0.6) is 0 Å². The molecule has 1 aliphatic rings. The van der Waals surface area contributed by atoms with Gasteiger partial charge in [0.1, 0.15) is 0 Å². The van der Waals surface area contributed by atoms with Crippen LogP contribution in [0, 0.1) is 0 Å². The minimum atomic E-state index is -0.434. The molecule has 5 heteroatoms. The van der Waals surface area contributed by atoms with Crippen LogP contribution in [0.2, 0.25) is 0 Å². The predicted molar refractivity (Wildman–Crippen MR) is 65.7 cm³/mol. The van der Waals surface area contributed by atoms with Crippen LogP contribution in [0.3, 0.4) is 0 Å². The highest BCUT2D eigenvalue weighted by molar-refractivity contribution is 5.73. The number of fused-ring (bicyclic) bond motifs is 1. The van der Waals surface area contributed by atoms with Gasteiger partial charge in [-0.1, -0.05) is 6.07 Å². The van der Waals surface area contributed by atoms with E-state index in [9.17, 15) is 4.79 Å². The molecular weight excluding hydrogens is 234 g/mol. The van der Waals surface area contributed by atoms with E-state index in [-0.39, 0.29) is 12.0 Å². The van der Waals surface area contributed by atoms with Crippen LogP contribution in [-0.4, -0.2) is 29.9 Å². The molecule has 0 amide bonds. The van der Waals surface area contributed by atoms with Crippen molar-refractivity contribution in [1.29, 1.82) is 0 Å². The van der Waals surface area contributed by atoms with Crippen LogP contribution in [0.15, 0.2) is 27.4 Å². The first kappa shape index (κ1) is 11.5. The molecule has 3 rings (SSSR count). The predicted octanol–water partition coefficient (Wildman–Crippen LogP) is 1.16. The summed E-state index contributed by atoms with van der Waals surface area (Å²) in [5.41, 5.74) is 2.36. The van der Waals surface area contributed by atoms with E-state index in [0.29, 0.717) is 24.3 Å². The molecular formula is C13H15NO4. The van der Waals surface area contributed by atoms with Gasteiger partial charge in [-0.2, -0.15) is 0 Å². The lowest BCUT2D eigenvalue weighted by molar-refractivity contribution is -0.0664.